The maximum absolute atomic E-state index is 13.2. The summed E-state index contributed by atoms with van der Waals surface area (Å²) in [5.74, 6) is 0.682. The molecule has 8 nitrogen and oxygen atoms in total. The zero-order valence-corrected chi connectivity index (χ0v) is 15.7. The Bertz CT molecular complexity index is 1030. The van der Waals surface area contributed by atoms with Gasteiger partial charge in [0, 0.05) is 32.9 Å². The minimum absolute atomic E-state index is 0.135. The highest BCUT2D eigenvalue weighted by molar-refractivity contribution is 7.89. The molecule has 2 aromatic rings. The molecule has 26 heavy (non-hydrogen) atoms. The first-order chi connectivity index (χ1) is 12.3. The lowest BCUT2D eigenvalue weighted by Crippen LogP contribution is -2.43. The Balaban J connectivity index is 2.02. The van der Waals surface area contributed by atoms with Crippen LogP contribution >= 0.6 is 0 Å². The fraction of sp³-hybridized carbons (Fsp3) is 0.412. The third-order valence-electron chi connectivity index (χ3n) is 4.45. The minimum atomic E-state index is -4.04. The van der Waals surface area contributed by atoms with Crippen molar-refractivity contribution in [3.8, 4) is 5.75 Å². The summed E-state index contributed by atoms with van der Waals surface area (Å²) < 4.78 is 34.7. The number of rotatable bonds is 6. The van der Waals surface area contributed by atoms with Crippen LogP contribution < -0.4 is 16.0 Å². The van der Waals surface area contributed by atoms with Gasteiger partial charge in [0.15, 0.2) is 4.90 Å². The van der Waals surface area contributed by atoms with Crippen molar-refractivity contribution in [3.63, 3.8) is 0 Å². The Morgan fingerprint density at radius 1 is 1.15 bits per heavy atom. The van der Waals surface area contributed by atoms with Crippen LogP contribution in [0.4, 0.5) is 0 Å². The van der Waals surface area contributed by atoms with Gasteiger partial charge in [0.25, 0.3) is 15.6 Å². The molecule has 1 heterocycles. The molecular formula is C17H21N3O5S. The van der Waals surface area contributed by atoms with Gasteiger partial charge in [-0.2, -0.15) is 4.31 Å². The summed E-state index contributed by atoms with van der Waals surface area (Å²) in [7, 11) is 0.221. The topological polar surface area (TPSA) is 90.6 Å². The number of hydrogen-bond donors (Lipinski definition) is 0. The molecule has 1 aromatic heterocycles. The van der Waals surface area contributed by atoms with Crippen molar-refractivity contribution < 1.29 is 13.2 Å². The van der Waals surface area contributed by atoms with E-state index < -0.39 is 21.3 Å². The molecule has 9 heteroatoms. The number of aryl methyl sites for hydroxylation is 1. The smallest absolute Gasteiger partial charge is 0.330 e. The first-order valence-corrected chi connectivity index (χ1v) is 9.61. The van der Waals surface area contributed by atoms with Gasteiger partial charge >= 0.3 is 5.69 Å². The lowest BCUT2D eigenvalue weighted by molar-refractivity contribution is 0.395. The lowest BCUT2D eigenvalue weighted by atomic mass is 10.2. The molecule has 1 fully saturated rings. The van der Waals surface area contributed by atoms with E-state index in [1.165, 1.54) is 18.4 Å². The van der Waals surface area contributed by atoms with Gasteiger partial charge in [0.05, 0.1) is 7.11 Å². The van der Waals surface area contributed by atoms with Crippen LogP contribution in [0.3, 0.4) is 0 Å². The molecule has 0 spiro atoms. The van der Waals surface area contributed by atoms with Gasteiger partial charge in [-0.3, -0.25) is 9.36 Å². The summed E-state index contributed by atoms with van der Waals surface area (Å²) in [6.07, 6.45) is 2.60. The monoisotopic (exact) mass is 379 g/mol. The Morgan fingerprint density at radius 2 is 1.77 bits per heavy atom. The van der Waals surface area contributed by atoms with Crippen molar-refractivity contribution in [2.45, 2.75) is 30.3 Å². The second-order valence-corrected chi connectivity index (χ2v) is 8.24. The molecular weight excluding hydrogens is 358 g/mol. The highest BCUT2D eigenvalue weighted by atomic mass is 32.2. The van der Waals surface area contributed by atoms with Crippen LogP contribution in [0.5, 0.6) is 5.75 Å². The fourth-order valence-electron chi connectivity index (χ4n) is 2.76. The van der Waals surface area contributed by atoms with Crippen LogP contribution in [0.25, 0.3) is 0 Å². The normalized spacial score (nSPS) is 14.6. The molecule has 0 saturated heterocycles. The number of nitrogens with zero attached hydrogens (tertiary/aromatic N) is 3. The standard InChI is InChI=1S/C17H21N3O5S/c1-18-11-15(16(21)19(2)17(18)22)26(23,24)20(13-6-7-13)10-12-4-8-14(25-3)9-5-12/h4-5,8-9,11,13H,6-7,10H2,1-3H3. The van der Waals surface area contributed by atoms with Crippen molar-refractivity contribution in [3.05, 3.63) is 56.9 Å². The van der Waals surface area contributed by atoms with Crippen molar-refractivity contribution in [1.82, 2.24) is 13.4 Å². The lowest BCUT2D eigenvalue weighted by Gasteiger charge is -2.22. The molecule has 1 aliphatic rings. The van der Waals surface area contributed by atoms with Crippen LogP contribution in [0.1, 0.15) is 18.4 Å². The summed E-state index contributed by atoms with van der Waals surface area (Å²) in [6.45, 7) is 0.156. The van der Waals surface area contributed by atoms with E-state index in [0.29, 0.717) is 5.75 Å². The van der Waals surface area contributed by atoms with Crippen molar-refractivity contribution in [2.24, 2.45) is 14.1 Å². The number of aromatic nitrogens is 2. The third-order valence-corrected chi connectivity index (χ3v) is 6.33. The Morgan fingerprint density at radius 3 is 2.31 bits per heavy atom. The quantitative estimate of drug-likeness (QED) is 0.727. The van der Waals surface area contributed by atoms with Gasteiger partial charge in [0.2, 0.25) is 0 Å². The van der Waals surface area contributed by atoms with E-state index in [-0.39, 0.29) is 17.5 Å². The van der Waals surface area contributed by atoms with E-state index in [4.69, 9.17) is 4.74 Å². The predicted octanol–water partition coefficient (Wildman–Crippen LogP) is 0.446. The molecule has 140 valence electrons. The maximum atomic E-state index is 13.2. The minimum Gasteiger partial charge on any atom is -0.497 e. The predicted molar refractivity (Wildman–Crippen MR) is 95.7 cm³/mol. The summed E-state index contributed by atoms with van der Waals surface area (Å²) in [5, 5.41) is 0. The van der Waals surface area contributed by atoms with Crippen LogP contribution in [0, 0.1) is 0 Å². The van der Waals surface area contributed by atoms with Gasteiger partial charge in [-0.05, 0) is 30.5 Å². The van der Waals surface area contributed by atoms with Crippen molar-refractivity contribution in [1.29, 1.82) is 0 Å². The average molecular weight is 379 g/mol. The first-order valence-electron chi connectivity index (χ1n) is 8.17. The first kappa shape index (κ1) is 18.4. The summed E-state index contributed by atoms with van der Waals surface area (Å²) in [5.41, 5.74) is -0.585. The van der Waals surface area contributed by atoms with E-state index in [9.17, 15) is 18.0 Å². The Kier molecular flexibility index (Phi) is 4.76. The average Bonchev–Trinajstić information content (AvgIpc) is 3.46. The SMILES string of the molecule is COc1ccc(CN(C2CC2)S(=O)(=O)c2cn(C)c(=O)n(C)c2=O)cc1. The van der Waals surface area contributed by atoms with Gasteiger partial charge in [-0.15, -0.1) is 0 Å². The summed E-state index contributed by atoms with van der Waals surface area (Å²) in [4.78, 5) is 23.9. The highest BCUT2D eigenvalue weighted by Crippen LogP contribution is 2.33. The molecule has 0 amide bonds. The summed E-state index contributed by atoms with van der Waals surface area (Å²) >= 11 is 0. The summed E-state index contributed by atoms with van der Waals surface area (Å²) in [6, 6.07) is 6.98. The largest absolute Gasteiger partial charge is 0.497 e. The van der Waals surface area contributed by atoms with E-state index in [1.807, 2.05) is 0 Å². The van der Waals surface area contributed by atoms with Gasteiger partial charge < -0.3 is 9.30 Å². The van der Waals surface area contributed by atoms with E-state index >= 15 is 0 Å². The second kappa shape index (κ2) is 6.73. The van der Waals surface area contributed by atoms with Crippen molar-refractivity contribution >= 4 is 10.0 Å². The molecule has 1 saturated carbocycles. The molecule has 0 unspecified atom stereocenters. The van der Waals surface area contributed by atoms with Gasteiger partial charge in [-0.25, -0.2) is 13.2 Å². The zero-order valence-electron chi connectivity index (χ0n) is 14.9. The van der Waals surface area contributed by atoms with Gasteiger partial charge in [0.1, 0.15) is 5.75 Å². The molecule has 0 aliphatic heterocycles. The molecule has 0 bridgehead atoms. The third kappa shape index (κ3) is 3.32. The van der Waals surface area contributed by atoms with E-state index in [0.717, 1.165) is 33.7 Å². The van der Waals surface area contributed by atoms with Crippen LogP contribution in [0.15, 0.2) is 44.9 Å². The van der Waals surface area contributed by atoms with Gasteiger partial charge in [-0.1, -0.05) is 12.1 Å². The Labute approximate surface area is 151 Å². The Hall–Kier alpha value is -2.39. The molecule has 0 atom stereocenters. The molecule has 1 aliphatic carbocycles. The number of methoxy groups -OCH3 is 1. The zero-order chi connectivity index (χ0) is 19.1. The van der Waals surface area contributed by atoms with Crippen LogP contribution in [0.2, 0.25) is 0 Å². The molecule has 3 rings (SSSR count). The second-order valence-electron chi connectivity index (χ2n) is 6.38. The number of ether oxygens (including phenoxy) is 1. The van der Waals surface area contributed by atoms with Crippen LogP contribution in [-0.2, 0) is 30.7 Å². The number of hydrogen-bond acceptors (Lipinski definition) is 5. The van der Waals surface area contributed by atoms with E-state index in [1.54, 1.807) is 31.4 Å². The number of sulfonamides is 1. The van der Waals surface area contributed by atoms with E-state index in [2.05, 4.69) is 0 Å². The molecule has 1 aromatic carbocycles. The van der Waals surface area contributed by atoms with Crippen LogP contribution in [-0.4, -0.2) is 35.0 Å². The highest BCUT2D eigenvalue weighted by Gasteiger charge is 2.39. The molecule has 0 radical (unpaired) electrons. The fourth-order valence-corrected chi connectivity index (χ4v) is 4.59. The molecule has 0 N–H and O–H groups in total. The number of benzene rings is 1. The van der Waals surface area contributed by atoms with Crippen molar-refractivity contribution in [2.75, 3.05) is 7.11 Å². The maximum Gasteiger partial charge on any atom is 0.330 e.